The smallest absolute Gasteiger partial charge is 0.224 e. The molecule has 0 unspecified atom stereocenters. The van der Waals surface area contributed by atoms with Crippen molar-refractivity contribution in [2.24, 2.45) is 0 Å². The Morgan fingerprint density at radius 1 is 1.05 bits per heavy atom. The Bertz CT molecular complexity index is 578. The van der Waals surface area contributed by atoms with Gasteiger partial charge in [0.05, 0.1) is 6.42 Å². The molecule has 0 bridgehead atoms. The van der Waals surface area contributed by atoms with E-state index in [1.807, 2.05) is 43.3 Å². The molecule has 3 heteroatoms. The summed E-state index contributed by atoms with van der Waals surface area (Å²) in [6.45, 7) is 2.61. The first-order valence-electron chi connectivity index (χ1n) is 6.63. The highest BCUT2D eigenvalue weighted by atomic mass is 79.9. The Labute approximate surface area is 128 Å². The average molecular weight is 332 g/mol. The molecule has 20 heavy (non-hydrogen) atoms. The molecule has 2 nitrogen and oxygen atoms in total. The molecular weight excluding hydrogens is 314 g/mol. The minimum absolute atomic E-state index is 0.0557. The Morgan fingerprint density at radius 3 is 2.40 bits per heavy atom. The van der Waals surface area contributed by atoms with E-state index in [1.165, 1.54) is 11.1 Å². The van der Waals surface area contributed by atoms with Gasteiger partial charge in [-0.1, -0.05) is 70.0 Å². The molecule has 104 valence electrons. The van der Waals surface area contributed by atoms with Crippen LogP contribution in [0.15, 0.2) is 48.5 Å². The summed E-state index contributed by atoms with van der Waals surface area (Å²) in [6, 6.07) is 16.3. The van der Waals surface area contributed by atoms with Gasteiger partial charge in [0.1, 0.15) is 0 Å². The largest absolute Gasteiger partial charge is 0.352 e. The van der Waals surface area contributed by atoms with E-state index in [4.69, 9.17) is 0 Å². The number of nitrogens with one attached hydrogen (secondary N) is 1. The molecular formula is C17H18BrNO. The van der Waals surface area contributed by atoms with Crippen LogP contribution < -0.4 is 5.32 Å². The van der Waals surface area contributed by atoms with Crippen molar-refractivity contribution < 1.29 is 4.79 Å². The predicted octanol–water partition coefficient (Wildman–Crippen LogP) is 3.75. The fraction of sp³-hybridized carbons (Fsp3) is 0.235. The van der Waals surface area contributed by atoms with Gasteiger partial charge in [0, 0.05) is 11.9 Å². The number of hydrogen-bond donors (Lipinski definition) is 1. The van der Waals surface area contributed by atoms with E-state index in [0.717, 1.165) is 16.5 Å². The highest BCUT2D eigenvalue weighted by Crippen LogP contribution is 2.08. The molecule has 0 aliphatic heterocycles. The third kappa shape index (κ3) is 4.49. The summed E-state index contributed by atoms with van der Waals surface area (Å²) in [7, 11) is 0. The Kier molecular flexibility index (Phi) is 5.36. The number of benzene rings is 2. The lowest BCUT2D eigenvalue weighted by atomic mass is 10.1. The van der Waals surface area contributed by atoms with Gasteiger partial charge in [-0.15, -0.1) is 0 Å². The van der Waals surface area contributed by atoms with Gasteiger partial charge in [-0.3, -0.25) is 4.79 Å². The molecule has 0 spiro atoms. The van der Waals surface area contributed by atoms with Crippen molar-refractivity contribution in [2.75, 3.05) is 0 Å². The summed E-state index contributed by atoms with van der Waals surface area (Å²) < 4.78 is 0. The molecule has 0 fully saturated rings. The number of carbonyl (C=O) groups excluding carboxylic acids is 1. The lowest BCUT2D eigenvalue weighted by molar-refractivity contribution is -0.120. The Hall–Kier alpha value is -1.61. The maximum Gasteiger partial charge on any atom is 0.224 e. The molecule has 0 aliphatic carbocycles. The molecule has 0 radical (unpaired) electrons. The quantitative estimate of drug-likeness (QED) is 0.830. The van der Waals surface area contributed by atoms with Crippen molar-refractivity contribution >= 4 is 21.8 Å². The van der Waals surface area contributed by atoms with Crippen molar-refractivity contribution in [2.45, 2.75) is 25.2 Å². The number of rotatable bonds is 5. The van der Waals surface area contributed by atoms with E-state index < -0.39 is 0 Å². The third-order valence-electron chi connectivity index (χ3n) is 3.11. The minimum Gasteiger partial charge on any atom is -0.352 e. The summed E-state index contributed by atoms with van der Waals surface area (Å²) in [5.41, 5.74) is 4.59. The zero-order valence-electron chi connectivity index (χ0n) is 11.5. The van der Waals surface area contributed by atoms with E-state index in [0.29, 0.717) is 13.0 Å². The SMILES string of the molecule is Cc1cccc(CC(=O)NCc2ccc(CBr)cc2)c1. The van der Waals surface area contributed by atoms with E-state index in [1.54, 1.807) is 0 Å². The summed E-state index contributed by atoms with van der Waals surface area (Å²) in [6.07, 6.45) is 0.432. The van der Waals surface area contributed by atoms with Crippen LogP contribution in [0.4, 0.5) is 0 Å². The molecule has 0 aliphatic rings. The predicted molar refractivity (Wildman–Crippen MR) is 85.8 cm³/mol. The standard InChI is InChI=1S/C17H18BrNO/c1-13-3-2-4-16(9-13)10-17(20)19-12-15-7-5-14(11-18)6-8-15/h2-9H,10-12H2,1H3,(H,19,20). The van der Waals surface area contributed by atoms with Crippen LogP contribution in [0.5, 0.6) is 0 Å². The number of hydrogen-bond acceptors (Lipinski definition) is 1. The highest BCUT2D eigenvalue weighted by molar-refractivity contribution is 9.08. The fourth-order valence-corrected chi connectivity index (χ4v) is 2.39. The Morgan fingerprint density at radius 2 is 1.75 bits per heavy atom. The van der Waals surface area contributed by atoms with Crippen molar-refractivity contribution in [3.8, 4) is 0 Å². The maximum atomic E-state index is 11.9. The van der Waals surface area contributed by atoms with Crippen LogP contribution in [0.3, 0.4) is 0 Å². The topological polar surface area (TPSA) is 29.1 Å². The molecule has 0 saturated heterocycles. The number of carbonyl (C=O) groups is 1. The first-order valence-corrected chi connectivity index (χ1v) is 7.75. The van der Waals surface area contributed by atoms with E-state index in [9.17, 15) is 4.79 Å². The zero-order valence-corrected chi connectivity index (χ0v) is 13.1. The maximum absolute atomic E-state index is 11.9. The number of aryl methyl sites for hydroxylation is 1. The second kappa shape index (κ2) is 7.25. The van der Waals surface area contributed by atoms with Crippen LogP contribution in [-0.4, -0.2) is 5.91 Å². The average Bonchev–Trinajstić information content (AvgIpc) is 2.46. The zero-order chi connectivity index (χ0) is 14.4. The van der Waals surface area contributed by atoms with Crippen LogP contribution in [0.1, 0.15) is 22.3 Å². The highest BCUT2D eigenvalue weighted by Gasteiger charge is 2.03. The molecule has 2 aromatic rings. The van der Waals surface area contributed by atoms with E-state index >= 15 is 0 Å². The van der Waals surface area contributed by atoms with Crippen molar-refractivity contribution in [3.05, 3.63) is 70.8 Å². The van der Waals surface area contributed by atoms with Crippen molar-refractivity contribution in [3.63, 3.8) is 0 Å². The van der Waals surface area contributed by atoms with E-state index in [2.05, 4.69) is 33.4 Å². The van der Waals surface area contributed by atoms with Gasteiger partial charge in [-0.05, 0) is 23.6 Å². The van der Waals surface area contributed by atoms with Crippen LogP contribution in [0.2, 0.25) is 0 Å². The molecule has 0 aromatic heterocycles. The van der Waals surface area contributed by atoms with Gasteiger partial charge < -0.3 is 5.32 Å². The first-order chi connectivity index (χ1) is 9.67. The van der Waals surface area contributed by atoms with Gasteiger partial charge in [0.2, 0.25) is 5.91 Å². The van der Waals surface area contributed by atoms with Crippen molar-refractivity contribution in [1.29, 1.82) is 0 Å². The second-order valence-electron chi connectivity index (χ2n) is 4.89. The number of alkyl halides is 1. The van der Waals surface area contributed by atoms with Crippen LogP contribution in [0, 0.1) is 6.92 Å². The second-order valence-corrected chi connectivity index (χ2v) is 5.45. The summed E-state index contributed by atoms with van der Waals surface area (Å²) in [4.78, 5) is 11.9. The molecule has 2 rings (SSSR count). The lowest BCUT2D eigenvalue weighted by Crippen LogP contribution is -2.24. The van der Waals surface area contributed by atoms with Crippen LogP contribution >= 0.6 is 15.9 Å². The van der Waals surface area contributed by atoms with Gasteiger partial charge in [0.25, 0.3) is 0 Å². The minimum atomic E-state index is 0.0557. The summed E-state index contributed by atoms with van der Waals surface area (Å²) in [5, 5.41) is 3.81. The number of amides is 1. The van der Waals surface area contributed by atoms with Gasteiger partial charge in [-0.2, -0.15) is 0 Å². The Balaban J connectivity index is 1.85. The molecule has 1 N–H and O–H groups in total. The summed E-state index contributed by atoms with van der Waals surface area (Å²) in [5.74, 6) is 0.0557. The van der Waals surface area contributed by atoms with Crippen LogP contribution in [-0.2, 0) is 23.1 Å². The fourth-order valence-electron chi connectivity index (χ4n) is 2.02. The molecule has 0 heterocycles. The molecule has 0 atom stereocenters. The molecule has 2 aromatic carbocycles. The number of halogens is 1. The van der Waals surface area contributed by atoms with Gasteiger partial charge in [0.15, 0.2) is 0 Å². The first kappa shape index (κ1) is 14.8. The monoisotopic (exact) mass is 331 g/mol. The van der Waals surface area contributed by atoms with Crippen molar-refractivity contribution in [1.82, 2.24) is 5.32 Å². The van der Waals surface area contributed by atoms with Gasteiger partial charge in [-0.25, -0.2) is 0 Å². The van der Waals surface area contributed by atoms with E-state index in [-0.39, 0.29) is 5.91 Å². The van der Waals surface area contributed by atoms with Crippen LogP contribution in [0.25, 0.3) is 0 Å². The van der Waals surface area contributed by atoms with Gasteiger partial charge >= 0.3 is 0 Å². The normalized spacial score (nSPS) is 10.3. The molecule has 0 saturated carbocycles. The third-order valence-corrected chi connectivity index (χ3v) is 3.76. The molecule has 1 amide bonds. The lowest BCUT2D eigenvalue weighted by Gasteiger charge is -2.06. The summed E-state index contributed by atoms with van der Waals surface area (Å²) >= 11 is 3.42.